The number of nitrogens with zero attached hydrogens (tertiary/aromatic N) is 4. The maximum Gasteiger partial charge on any atom is 0.161 e. The second-order valence-corrected chi connectivity index (χ2v) is 5.78. The molecule has 2 aromatic heterocycles. The largest absolute Gasteiger partial charge is 0.493 e. The van der Waals surface area contributed by atoms with E-state index in [1.807, 2.05) is 28.9 Å². The molecule has 1 aliphatic heterocycles. The summed E-state index contributed by atoms with van der Waals surface area (Å²) in [5, 5.41) is 4.69. The van der Waals surface area contributed by atoms with Crippen molar-refractivity contribution in [3.8, 4) is 22.8 Å². The van der Waals surface area contributed by atoms with E-state index in [2.05, 4.69) is 16.0 Å². The molecule has 1 aromatic carbocycles. The number of hydrogen-bond acceptors (Lipinski definition) is 6. The van der Waals surface area contributed by atoms with Crippen LogP contribution in [0.4, 0.5) is 5.82 Å². The Bertz CT molecular complexity index is 887. The maximum absolute atomic E-state index is 5.44. The van der Waals surface area contributed by atoms with Crippen molar-refractivity contribution in [3.63, 3.8) is 0 Å². The summed E-state index contributed by atoms with van der Waals surface area (Å²) >= 11 is 0. The average Bonchev–Trinajstić information content (AvgIpc) is 3.12. The van der Waals surface area contributed by atoms with Crippen LogP contribution in [-0.4, -0.2) is 55.1 Å². The van der Waals surface area contributed by atoms with Crippen LogP contribution in [0.2, 0.25) is 0 Å². The first-order valence-electron chi connectivity index (χ1n) is 8.19. The molecule has 0 radical (unpaired) electrons. The van der Waals surface area contributed by atoms with E-state index in [9.17, 15) is 0 Å². The van der Waals surface area contributed by atoms with Crippen LogP contribution in [0.15, 0.2) is 36.7 Å². The van der Waals surface area contributed by atoms with Gasteiger partial charge in [-0.3, -0.25) is 0 Å². The molecule has 1 aliphatic rings. The molecule has 0 N–H and O–H groups in total. The molecular weight excluding hydrogens is 320 g/mol. The lowest BCUT2D eigenvalue weighted by Gasteiger charge is -2.27. The standard InChI is InChI=1S/C18H20N4O3/c1-23-16-4-3-13(11-17(16)24-2)14-12-15-18(19-5-6-22(15)20-14)21-7-9-25-10-8-21/h3-6,11-12H,7-10H2,1-2H3. The Morgan fingerprint density at radius 2 is 1.84 bits per heavy atom. The molecule has 1 saturated heterocycles. The van der Waals surface area contributed by atoms with Gasteiger partial charge in [0.25, 0.3) is 0 Å². The molecular formula is C18H20N4O3. The van der Waals surface area contributed by atoms with Crippen LogP contribution in [0.3, 0.4) is 0 Å². The predicted octanol–water partition coefficient (Wildman–Crippen LogP) is 2.25. The molecule has 3 aromatic rings. The molecule has 1 fully saturated rings. The smallest absolute Gasteiger partial charge is 0.161 e. The van der Waals surface area contributed by atoms with E-state index in [1.165, 1.54) is 0 Å². The van der Waals surface area contributed by atoms with E-state index in [4.69, 9.17) is 19.3 Å². The molecule has 3 heterocycles. The fourth-order valence-electron chi connectivity index (χ4n) is 3.06. The molecule has 0 amide bonds. The Labute approximate surface area is 145 Å². The summed E-state index contributed by atoms with van der Waals surface area (Å²) in [7, 11) is 3.26. The first-order chi connectivity index (χ1) is 12.3. The zero-order valence-corrected chi connectivity index (χ0v) is 14.3. The molecule has 0 atom stereocenters. The SMILES string of the molecule is COc1ccc(-c2cc3c(N4CCOCC4)nccn3n2)cc1OC. The maximum atomic E-state index is 5.44. The van der Waals surface area contributed by atoms with Crippen molar-refractivity contribution < 1.29 is 14.2 Å². The van der Waals surface area contributed by atoms with E-state index in [1.54, 1.807) is 20.4 Å². The Morgan fingerprint density at radius 1 is 1.04 bits per heavy atom. The van der Waals surface area contributed by atoms with Gasteiger partial charge in [-0.1, -0.05) is 0 Å². The lowest BCUT2D eigenvalue weighted by Crippen LogP contribution is -2.37. The summed E-state index contributed by atoms with van der Waals surface area (Å²) in [4.78, 5) is 6.80. The number of hydrogen-bond donors (Lipinski definition) is 0. The van der Waals surface area contributed by atoms with Crippen molar-refractivity contribution in [2.45, 2.75) is 0 Å². The monoisotopic (exact) mass is 340 g/mol. The van der Waals surface area contributed by atoms with Crippen molar-refractivity contribution in [3.05, 3.63) is 36.7 Å². The number of rotatable bonds is 4. The number of aromatic nitrogens is 3. The fraction of sp³-hybridized carbons (Fsp3) is 0.333. The summed E-state index contributed by atoms with van der Waals surface area (Å²) in [6.07, 6.45) is 3.65. The second-order valence-electron chi connectivity index (χ2n) is 5.78. The van der Waals surface area contributed by atoms with Gasteiger partial charge < -0.3 is 19.1 Å². The van der Waals surface area contributed by atoms with Crippen molar-refractivity contribution in [2.24, 2.45) is 0 Å². The van der Waals surface area contributed by atoms with Gasteiger partial charge in [0.15, 0.2) is 17.3 Å². The summed E-state index contributed by atoms with van der Waals surface area (Å²) in [6, 6.07) is 7.85. The molecule has 7 heteroatoms. The van der Waals surface area contributed by atoms with Gasteiger partial charge in [0.1, 0.15) is 5.52 Å². The van der Waals surface area contributed by atoms with Crippen molar-refractivity contribution in [1.82, 2.24) is 14.6 Å². The third-order valence-electron chi connectivity index (χ3n) is 4.36. The summed E-state index contributed by atoms with van der Waals surface area (Å²) in [5.74, 6) is 2.32. The average molecular weight is 340 g/mol. The van der Waals surface area contributed by atoms with E-state index >= 15 is 0 Å². The molecule has 0 spiro atoms. The summed E-state index contributed by atoms with van der Waals surface area (Å²) < 4.78 is 18.0. The van der Waals surface area contributed by atoms with Gasteiger partial charge >= 0.3 is 0 Å². The molecule has 4 rings (SSSR count). The van der Waals surface area contributed by atoms with Crippen LogP contribution < -0.4 is 14.4 Å². The molecule has 25 heavy (non-hydrogen) atoms. The third kappa shape index (κ3) is 2.87. The van der Waals surface area contributed by atoms with Crippen LogP contribution in [-0.2, 0) is 4.74 Å². The zero-order chi connectivity index (χ0) is 17.2. The minimum Gasteiger partial charge on any atom is -0.493 e. The van der Waals surface area contributed by atoms with E-state index in [0.29, 0.717) is 11.5 Å². The number of methoxy groups -OCH3 is 2. The van der Waals surface area contributed by atoms with Crippen molar-refractivity contribution >= 4 is 11.3 Å². The lowest BCUT2D eigenvalue weighted by atomic mass is 10.1. The fourth-order valence-corrected chi connectivity index (χ4v) is 3.06. The lowest BCUT2D eigenvalue weighted by molar-refractivity contribution is 0.122. The Morgan fingerprint density at radius 3 is 2.60 bits per heavy atom. The van der Waals surface area contributed by atoms with Crippen LogP contribution >= 0.6 is 0 Å². The van der Waals surface area contributed by atoms with Crippen LogP contribution in [0.25, 0.3) is 16.8 Å². The number of fused-ring (bicyclic) bond motifs is 1. The third-order valence-corrected chi connectivity index (χ3v) is 4.36. The van der Waals surface area contributed by atoms with Crippen molar-refractivity contribution in [2.75, 3.05) is 45.4 Å². The second kappa shape index (κ2) is 6.60. The molecule has 130 valence electrons. The van der Waals surface area contributed by atoms with Crippen LogP contribution in [0.5, 0.6) is 11.5 Å². The van der Waals surface area contributed by atoms with Crippen LogP contribution in [0.1, 0.15) is 0 Å². The summed E-state index contributed by atoms with van der Waals surface area (Å²) in [6.45, 7) is 3.12. The topological polar surface area (TPSA) is 61.1 Å². The highest BCUT2D eigenvalue weighted by atomic mass is 16.5. The highest BCUT2D eigenvalue weighted by molar-refractivity contribution is 5.76. The first kappa shape index (κ1) is 15.7. The summed E-state index contributed by atoms with van der Waals surface area (Å²) in [5.41, 5.74) is 2.81. The van der Waals surface area contributed by atoms with Crippen LogP contribution in [0, 0.1) is 0 Å². The number of morpholine rings is 1. The predicted molar refractivity (Wildman–Crippen MR) is 94.6 cm³/mol. The Hall–Kier alpha value is -2.80. The molecule has 0 unspecified atom stereocenters. The highest BCUT2D eigenvalue weighted by Crippen LogP contribution is 2.33. The van der Waals surface area contributed by atoms with E-state index in [-0.39, 0.29) is 0 Å². The number of ether oxygens (including phenoxy) is 3. The van der Waals surface area contributed by atoms with Gasteiger partial charge in [0.2, 0.25) is 0 Å². The van der Waals surface area contributed by atoms with Gasteiger partial charge in [0.05, 0.1) is 33.1 Å². The van der Waals surface area contributed by atoms with Gasteiger partial charge in [-0.25, -0.2) is 9.50 Å². The Balaban J connectivity index is 1.76. The van der Waals surface area contributed by atoms with E-state index < -0.39 is 0 Å². The minimum absolute atomic E-state index is 0.684. The van der Waals surface area contributed by atoms with Gasteiger partial charge in [-0.2, -0.15) is 5.10 Å². The quantitative estimate of drug-likeness (QED) is 0.726. The Kier molecular flexibility index (Phi) is 4.15. The number of anilines is 1. The van der Waals surface area contributed by atoms with Gasteiger partial charge in [-0.15, -0.1) is 0 Å². The molecule has 0 saturated carbocycles. The minimum atomic E-state index is 0.684. The molecule has 7 nitrogen and oxygen atoms in total. The van der Waals surface area contributed by atoms with E-state index in [0.717, 1.165) is 48.9 Å². The normalized spacial score (nSPS) is 14.7. The van der Waals surface area contributed by atoms with Gasteiger partial charge in [-0.05, 0) is 24.3 Å². The van der Waals surface area contributed by atoms with Crippen molar-refractivity contribution in [1.29, 1.82) is 0 Å². The first-order valence-corrected chi connectivity index (χ1v) is 8.19. The van der Waals surface area contributed by atoms with Gasteiger partial charge in [0, 0.05) is 31.0 Å². The molecule has 0 aliphatic carbocycles. The number of benzene rings is 1. The zero-order valence-electron chi connectivity index (χ0n) is 14.3. The molecule has 0 bridgehead atoms. The highest BCUT2D eigenvalue weighted by Gasteiger charge is 2.17.